The molecule has 1 fully saturated rings. The number of nitrogens with zero attached hydrogens (tertiary/aromatic N) is 2. The van der Waals surface area contributed by atoms with Gasteiger partial charge < -0.3 is 16.0 Å². The van der Waals surface area contributed by atoms with Gasteiger partial charge in [0.15, 0.2) is 0 Å². The summed E-state index contributed by atoms with van der Waals surface area (Å²) in [4.78, 5) is 16.6. The van der Waals surface area contributed by atoms with E-state index in [2.05, 4.69) is 22.2 Å². The first kappa shape index (κ1) is 15.1. The topological polar surface area (TPSA) is 61.6 Å². The van der Waals surface area contributed by atoms with Gasteiger partial charge in [-0.3, -0.25) is 9.69 Å². The Morgan fingerprint density at radius 3 is 2.70 bits per heavy atom. The lowest BCUT2D eigenvalue weighted by Gasteiger charge is -2.32. The molecule has 1 aliphatic heterocycles. The highest BCUT2D eigenvalue weighted by molar-refractivity contribution is 6.33. The minimum atomic E-state index is -0.109. The number of nitrogens with one attached hydrogen (secondary N) is 1. The molecule has 0 unspecified atom stereocenters. The van der Waals surface area contributed by atoms with Crippen molar-refractivity contribution in [1.29, 1.82) is 0 Å². The summed E-state index contributed by atoms with van der Waals surface area (Å²) in [6.07, 6.45) is 0. The third-order valence-corrected chi connectivity index (χ3v) is 3.91. The van der Waals surface area contributed by atoms with Crippen LogP contribution in [-0.2, 0) is 0 Å². The predicted octanol–water partition coefficient (Wildman–Crippen LogP) is 0.899. The monoisotopic (exact) mass is 296 g/mol. The van der Waals surface area contributed by atoms with Crippen molar-refractivity contribution >= 4 is 23.2 Å². The molecule has 0 atom stereocenters. The fourth-order valence-corrected chi connectivity index (χ4v) is 2.30. The first-order valence-electron chi connectivity index (χ1n) is 6.80. The fourth-order valence-electron chi connectivity index (χ4n) is 2.19. The fraction of sp³-hybridized carbons (Fsp3) is 0.500. The smallest absolute Gasteiger partial charge is 0.251 e. The van der Waals surface area contributed by atoms with Crippen LogP contribution in [-0.4, -0.2) is 62.0 Å². The van der Waals surface area contributed by atoms with Gasteiger partial charge in [-0.25, -0.2) is 0 Å². The summed E-state index contributed by atoms with van der Waals surface area (Å²) >= 11 is 5.84. The minimum Gasteiger partial charge on any atom is -0.398 e. The molecule has 0 saturated carbocycles. The number of nitrogen functional groups attached to an aromatic ring is 1. The Labute approximate surface area is 124 Å². The van der Waals surface area contributed by atoms with Gasteiger partial charge in [-0.2, -0.15) is 0 Å². The molecule has 0 spiro atoms. The van der Waals surface area contributed by atoms with Gasteiger partial charge in [0.05, 0.1) is 10.7 Å². The lowest BCUT2D eigenvalue weighted by molar-refractivity contribution is 0.0941. The van der Waals surface area contributed by atoms with Gasteiger partial charge >= 0.3 is 0 Å². The number of hydrogen-bond acceptors (Lipinski definition) is 4. The average molecular weight is 297 g/mol. The van der Waals surface area contributed by atoms with Crippen molar-refractivity contribution in [2.45, 2.75) is 0 Å². The van der Waals surface area contributed by atoms with Crippen molar-refractivity contribution in [3.05, 3.63) is 28.8 Å². The second kappa shape index (κ2) is 6.92. The predicted molar refractivity (Wildman–Crippen MR) is 82.1 cm³/mol. The van der Waals surface area contributed by atoms with Crippen LogP contribution in [0.2, 0.25) is 5.02 Å². The highest BCUT2D eigenvalue weighted by Gasteiger charge is 2.13. The van der Waals surface area contributed by atoms with Gasteiger partial charge in [-0.05, 0) is 25.2 Å². The summed E-state index contributed by atoms with van der Waals surface area (Å²) in [5, 5.41) is 3.38. The zero-order valence-corrected chi connectivity index (χ0v) is 12.5. The molecule has 1 saturated heterocycles. The second-order valence-corrected chi connectivity index (χ2v) is 5.54. The molecule has 0 radical (unpaired) electrons. The number of carbonyl (C=O) groups excluding carboxylic acids is 1. The lowest BCUT2D eigenvalue weighted by atomic mass is 10.2. The molecule has 0 bridgehead atoms. The molecular formula is C14H21ClN4O. The number of halogens is 1. The van der Waals surface area contributed by atoms with Gasteiger partial charge in [0.1, 0.15) is 0 Å². The zero-order valence-electron chi connectivity index (χ0n) is 11.7. The number of rotatable bonds is 4. The van der Waals surface area contributed by atoms with Crippen LogP contribution in [0.15, 0.2) is 18.2 Å². The van der Waals surface area contributed by atoms with E-state index in [4.69, 9.17) is 17.3 Å². The Morgan fingerprint density at radius 1 is 1.35 bits per heavy atom. The number of likely N-dealkylation sites (N-methyl/N-ethyl adjacent to an activating group) is 1. The number of benzene rings is 1. The molecule has 110 valence electrons. The molecule has 6 heteroatoms. The highest BCUT2D eigenvalue weighted by atomic mass is 35.5. The Balaban J connectivity index is 1.76. The van der Waals surface area contributed by atoms with Gasteiger partial charge in [-0.15, -0.1) is 0 Å². The van der Waals surface area contributed by atoms with Crippen LogP contribution >= 0.6 is 11.6 Å². The van der Waals surface area contributed by atoms with Crippen LogP contribution in [0.25, 0.3) is 0 Å². The van der Waals surface area contributed by atoms with Crippen molar-refractivity contribution in [3.8, 4) is 0 Å². The third-order valence-electron chi connectivity index (χ3n) is 3.57. The SMILES string of the molecule is CN1CCN(CCNC(=O)c2ccc(Cl)c(N)c2)CC1. The average Bonchev–Trinajstić information content (AvgIpc) is 2.44. The number of nitrogens with two attached hydrogens (primary N) is 1. The highest BCUT2D eigenvalue weighted by Crippen LogP contribution is 2.19. The van der Waals surface area contributed by atoms with E-state index in [0.29, 0.717) is 22.8 Å². The molecule has 0 aromatic heterocycles. The number of carbonyl (C=O) groups is 1. The Bertz CT molecular complexity index is 472. The Hall–Kier alpha value is -1.30. The van der Waals surface area contributed by atoms with Gasteiger partial charge in [0.25, 0.3) is 5.91 Å². The third kappa shape index (κ3) is 4.10. The summed E-state index contributed by atoms with van der Waals surface area (Å²) in [7, 11) is 2.13. The molecule has 1 heterocycles. The van der Waals surface area contributed by atoms with Gasteiger partial charge in [0, 0.05) is 44.8 Å². The molecule has 5 nitrogen and oxygen atoms in total. The summed E-state index contributed by atoms with van der Waals surface area (Å²) in [6, 6.07) is 4.93. The summed E-state index contributed by atoms with van der Waals surface area (Å²) in [5.74, 6) is -0.109. The molecular weight excluding hydrogens is 276 g/mol. The molecule has 1 aromatic carbocycles. The normalized spacial score (nSPS) is 17.1. The number of amides is 1. The number of piperazine rings is 1. The van der Waals surface area contributed by atoms with Crippen molar-refractivity contribution in [3.63, 3.8) is 0 Å². The molecule has 1 amide bonds. The first-order valence-corrected chi connectivity index (χ1v) is 7.18. The largest absolute Gasteiger partial charge is 0.398 e. The molecule has 1 aromatic rings. The van der Waals surface area contributed by atoms with Crippen molar-refractivity contribution in [2.24, 2.45) is 0 Å². The van der Waals surface area contributed by atoms with E-state index < -0.39 is 0 Å². The molecule has 2 rings (SSSR count). The van der Waals surface area contributed by atoms with E-state index in [9.17, 15) is 4.79 Å². The zero-order chi connectivity index (χ0) is 14.5. The first-order chi connectivity index (χ1) is 9.56. The number of hydrogen-bond donors (Lipinski definition) is 2. The van der Waals surface area contributed by atoms with Crippen LogP contribution < -0.4 is 11.1 Å². The van der Waals surface area contributed by atoms with Gasteiger partial charge in [0.2, 0.25) is 0 Å². The van der Waals surface area contributed by atoms with E-state index in [1.54, 1.807) is 18.2 Å². The second-order valence-electron chi connectivity index (χ2n) is 5.14. The van der Waals surface area contributed by atoms with Crippen molar-refractivity contribution in [2.75, 3.05) is 52.0 Å². The van der Waals surface area contributed by atoms with E-state index in [0.717, 1.165) is 32.7 Å². The maximum Gasteiger partial charge on any atom is 0.251 e. The van der Waals surface area contributed by atoms with Gasteiger partial charge in [-0.1, -0.05) is 11.6 Å². The van der Waals surface area contributed by atoms with E-state index in [1.807, 2.05) is 0 Å². The number of anilines is 1. The lowest BCUT2D eigenvalue weighted by Crippen LogP contribution is -2.46. The minimum absolute atomic E-state index is 0.109. The van der Waals surface area contributed by atoms with E-state index in [-0.39, 0.29) is 5.91 Å². The Kier molecular flexibility index (Phi) is 5.23. The molecule has 0 aliphatic carbocycles. The molecule has 3 N–H and O–H groups in total. The maximum atomic E-state index is 12.0. The van der Waals surface area contributed by atoms with Crippen LogP contribution in [0.1, 0.15) is 10.4 Å². The molecule has 20 heavy (non-hydrogen) atoms. The van der Waals surface area contributed by atoms with Crippen LogP contribution in [0.3, 0.4) is 0 Å². The van der Waals surface area contributed by atoms with Crippen molar-refractivity contribution < 1.29 is 4.79 Å². The summed E-state index contributed by atoms with van der Waals surface area (Å²) in [6.45, 7) is 5.80. The van der Waals surface area contributed by atoms with E-state index in [1.165, 1.54) is 0 Å². The quantitative estimate of drug-likeness (QED) is 0.811. The standard InChI is InChI=1S/C14H21ClN4O/c1-18-6-8-19(9-7-18)5-4-17-14(20)11-2-3-12(15)13(16)10-11/h2-3,10H,4-9,16H2,1H3,(H,17,20). The maximum absolute atomic E-state index is 12.0. The molecule has 1 aliphatic rings. The van der Waals surface area contributed by atoms with E-state index >= 15 is 0 Å². The summed E-state index contributed by atoms with van der Waals surface area (Å²) < 4.78 is 0. The van der Waals surface area contributed by atoms with Crippen LogP contribution in [0, 0.1) is 0 Å². The van der Waals surface area contributed by atoms with Crippen molar-refractivity contribution in [1.82, 2.24) is 15.1 Å². The Morgan fingerprint density at radius 2 is 2.05 bits per heavy atom. The summed E-state index contributed by atoms with van der Waals surface area (Å²) in [5.41, 5.74) is 6.67. The van der Waals surface area contributed by atoms with Crippen LogP contribution in [0.4, 0.5) is 5.69 Å². The van der Waals surface area contributed by atoms with Crippen LogP contribution in [0.5, 0.6) is 0 Å².